The van der Waals surface area contributed by atoms with Crippen LogP contribution in [-0.2, 0) is 14.8 Å². The van der Waals surface area contributed by atoms with Gasteiger partial charge in [-0.05, 0) is 70.0 Å². The summed E-state index contributed by atoms with van der Waals surface area (Å²) in [6.45, 7) is 5.27. The average molecular weight is 406 g/mol. The van der Waals surface area contributed by atoms with Gasteiger partial charge in [0.15, 0.2) is 0 Å². The molecule has 152 valence electrons. The summed E-state index contributed by atoms with van der Waals surface area (Å²) in [7, 11) is -3.34. The molecule has 1 amide bonds. The highest BCUT2D eigenvalue weighted by Gasteiger charge is 2.27. The molecule has 0 aliphatic carbocycles. The Balaban J connectivity index is 1.70. The normalized spacial score (nSPS) is 11.8. The summed E-state index contributed by atoms with van der Waals surface area (Å²) < 4.78 is 31.3. The molecule has 0 saturated carbocycles. The van der Waals surface area contributed by atoms with Crippen LogP contribution < -0.4 is 14.8 Å². The first-order valence-electron chi connectivity index (χ1n) is 9.14. The Morgan fingerprint density at radius 1 is 1.00 bits per heavy atom. The first kappa shape index (κ1) is 21.8. The number of hydrogen-bond donors (Lipinski definition) is 2. The van der Waals surface area contributed by atoms with Crippen molar-refractivity contribution in [3.63, 3.8) is 0 Å². The van der Waals surface area contributed by atoms with E-state index in [1.165, 1.54) is 0 Å². The third-order valence-corrected chi connectivity index (χ3v) is 6.15. The molecule has 0 spiro atoms. The molecule has 1 aromatic heterocycles. The summed E-state index contributed by atoms with van der Waals surface area (Å²) in [6, 6.07) is 10.6. The van der Waals surface area contributed by atoms with Gasteiger partial charge in [-0.25, -0.2) is 13.1 Å². The van der Waals surface area contributed by atoms with Gasteiger partial charge in [0.2, 0.25) is 15.9 Å². The van der Waals surface area contributed by atoms with Crippen LogP contribution in [0, 0.1) is 0 Å². The SMILES string of the molecule is CC(C)(C)S(=O)(=O)NCCCCC(=O)Nc1ccc(Oc2ccncc2)cc1. The number of ether oxygens (including phenoxy) is 1. The Morgan fingerprint density at radius 2 is 1.61 bits per heavy atom. The second-order valence-corrected chi connectivity index (χ2v) is 9.85. The van der Waals surface area contributed by atoms with Crippen molar-refractivity contribution in [1.82, 2.24) is 9.71 Å². The maximum Gasteiger partial charge on any atom is 0.224 e. The maximum atomic E-state index is 12.0. The number of nitrogens with zero attached hydrogens (tertiary/aromatic N) is 1. The minimum atomic E-state index is -3.34. The zero-order valence-corrected chi connectivity index (χ0v) is 17.3. The van der Waals surface area contributed by atoms with Crippen molar-refractivity contribution >= 4 is 21.6 Å². The van der Waals surface area contributed by atoms with Gasteiger partial charge in [0, 0.05) is 31.0 Å². The van der Waals surface area contributed by atoms with Gasteiger partial charge >= 0.3 is 0 Å². The van der Waals surface area contributed by atoms with E-state index in [-0.39, 0.29) is 5.91 Å². The molecule has 1 heterocycles. The van der Waals surface area contributed by atoms with Gasteiger partial charge in [0.05, 0.1) is 4.75 Å². The van der Waals surface area contributed by atoms with Gasteiger partial charge in [0.25, 0.3) is 0 Å². The molecule has 0 fully saturated rings. The molecular weight excluding hydrogens is 378 g/mol. The highest BCUT2D eigenvalue weighted by Crippen LogP contribution is 2.22. The first-order chi connectivity index (χ1) is 13.2. The van der Waals surface area contributed by atoms with E-state index in [0.29, 0.717) is 43.0 Å². The lowest BCUT2D eigenvalue weighted by atomic mass is 10.2. The summed E-state index contributed by atoms with van der Waals surface area (Å²) in [5.41, 5.74) is 0.681. The van der Waals surface area contributed by atoms with Crippen LogP contribution in [0.25, 0.3) is 0 Å². The lowest BCUT2D eigenvalue weighted by Crippen LogP contribution is -2.39. The third kappa shape index (κ3) is 6.94. The fraction of sp³-hybridized carbons (Fsp3) is 0.400. The molecule has 2 aromatic rings. The van der Waals surface area contributed by atoms with Crippen molar-refractivity contribution in [3.8, 4) is 11.5 Å². The van der Waals surface area contributed by atoms with E-state index in [0.717, 1.165) is 0 Å². The molecule has 0 saturated heterocycles. The number of pyridine rings is 1. The predicted molar refractivity (Wildman–Crippen MR) is 110 cm³/mol. The molecular formula is C20H27N3O4S. The van der Waals surface area contributed by atoms with Crippen LogP contribution in [0.1, 0.15) is 40.0 Å². The molecule has 2 rings (SSSR count). The Bertz CT molecular complexity index is 861. The molecule has 28 heavy (non-hydrogen) atoms. The van der Waals surface area contributed by atoms with E-state index in [1.54, 1.807) is 69.6 Å². The van der Waals surface area contributed by atoms with Crippen LogP contribution in [0.5, 0.6) is 11.5 Å². The maximum absolute atomic E-state index is 12.0. The Labute approximate surface area is 166 Å². The number of unbranched alkanes of at least 4 members (excludes halogenated alkanes) is 1. The third-order valence-electron chi connectivity index (χ3n) is 3.95. The molecule has 0 aliphatic heterocycles. The molecule has 1 aromatic carbocycles. The molecule has 0 aliphatic rings. The first-order valence-corrected chi connectivity index (χ1v) is 10.6. The highest BCUT2D eigenvalue weighted by atomic mass is 32.2. The minimum Gasteiger partial charge on any atom is -0.457 e. The number of benzene rings is 1. The van der Waals surface area contributed by atoms with Crippen molar-refractivity contribution in [2.75, 3.05) is 11.9 Å². The van der Waals surface area contributed by atoms with Crippen LogP contribution >= 0.6 is 0 Å². The number of nitrogens with one attached hydrogen (secondary N) is 2. The number of sulfonamides is 1. The van der Waals surface area contributed by atoms with Gasteiger partial charge in [-0.15, -0.1) is 0 Å². The van der Waals surface area contributed by atoms with Crippen LogP contribution in [0.2, 0.25) is 0 Å². The van der Waals surface area contributed by atoms with Crippen molar-refractivity contribution in [2.45, 2.75) is 44.8 Å². The van der Waals surface area contributed by atoms with E-state index in [1.807, 2.05) is 0 Å². The monoisotopic (exact) mass is 405 g/mol. The molecule has 8 heteroatoms. The zero-order chi connectivity index (χ0) is 20.6. The smallest absolute Gasteiger partial charge is 0.224 e. The second kappa shape index (κ2) is 9.66. The summed E-state index contributed by atoms with van der Waals surface area (Å²) >= 11 is 0. The Kier molecular flexibility index (Phi) is 7.53. The van der Waals surface area contributed by atoms with Crippen molar-refractivity contribution in [2.24, 2.45) is 0 Å². The van der Waals surface area contributed by atoms with E-state index in [9.17, 15) is 13.2 Å². The zero-order valence-electron chi connectivity index (χ0n) is 16.4. The Hall–Kier alpha value is -2.45. The van der Waals surface area contributed by atoms with Gasteiger partial charge in [-0.3, -0.25) is 9.78 Å². The van der Waals surface area contributed by atoms with Crippen LogP contribution in [0.4, 0.5) is 5.69 Å². The van der Waals surface area contributed by atoms with E-state index in [2.05, 4.69) is 15.0 Å². The summed E-state index contributed by atoms with van der Waals surface area (Å²) in [5, 5.41) is 2.82. The number of carbonyl (C=O) groups excluding carboxylic acids is 1. The van der Waals surface area contributed by atoms with E-state index in [4.69, 9.17) is 4.74 Å². The lowest BCUT2D eigenvalue weighted by Gasteiger charge is -2.19. The molecule has 7 nitrogen and oxygen atoms in total. The highest BCUT2D eigenvalue weighted by molar-refractivity contribution is 7.90. The quantitative estimate of drug-likeness (QED) is 0.620. The van der Waals surface area contributed by atoms with Crippen LogP contribution in [-0.4, -0.2) is 30.6 Å². The standard InChI is InChI=1S/C20H27N3O4S/c1-20(2,3)28(25,26)22-13-5-4-6-19(24)23-16-7-9-17(10-8-16)27-18-11-14-21-15-12-18/h7-12,14-15,22H,4-6,13H2,1-3H3,(H,23,24). The second-order valence-electron chi connectivity index (χ2n) is 7.32. The summed E-state index contributed by atoms with van der Waals surface area (Å²) in [5.74, 6) is 1.24. The molecule has 2 N–H and O–H groups in total. The van der Waals surface area contributed by atoms with Crippen molar-refractivity contribution in [3.05, 3.63) is 48.8 Å². The number of amides is 1. The minimum absolute atomic E-state index is 0.110. The number of anilines is 1. The molecule has 0 unspecified atom stereocenters. The number of carbonyl (C=O) groups is 1. The van der Waals surface area contributed by atoms with Gasteiger partial charge in [-0.2, -0.15) is 0 Å². The van der Waals surface area contributed by atoms with Gasteiger partial charge < -0.3 is 10.1 Å². The molecule has 0 radical (unpaired) electrons. The van der Waals surface area contributed by atoms with Crippen molar-refractivity contribution < 1.29 is 17.9 Å². The van der Waals surface area contributed by atoms with Crippen molar-refractivity contribution in [1.29, 1.82) is 0 Å². The summed E-state index contributed by atoms with van der Waals surface area (Å²) in [4.78, 5) is 16.0. The van der Waals surface area contributed by atoms with Crippen LogP contribution in [0.15, 0.2) is 48.8 Å². The van der Waals surface area contributed by atoms with E-state index >= 15 is 0 Å². The fourth-order valence-electron chi connectivity index (χ4n) is 2.21. The number of rotatable bonds is 9. The average Bonchev–Trinajstić information content (AvgIpc) is 2.63. The largest absolute Gasteiger partial charge is 0.457 e. The lowest BCUT2D eigenvalue weighted by molar-refractivity contribution is -0.116. The molecule has 0 bridgehead atoms. The van der Waals surface area contributed by atoms with Gasteiger partial charge in [0.1, 0.15) is 11.5 Å². The van der Waals surface area contributed by atoms with Gasteiger partial charge in [-0.1, -0.05) is 0 Å². The van der Waals surface area contributed by atoms with E-state index < -0.39 is 14.8 Å². The predicted octanol–water partition coefficient (Wildman–Crippen LogP) is 3.70. The topological polar surface area (TPSA) is 97.4 Å². The fourth-order valence-corrected chi connectivity index (χ4v) is 3.05. The molecule has 0 atom stereocenters. The Morgan fingerprint density at radius 3 is 2.21 bits per heavy atom. The van der Waals surface area contributed by atoms with Crippen LogP contribution in [0.3, 0.4) is 0 Å². The number of aromatic nitrogens is 1. The number of hydrogen-bond acceptors (Lipinski definition) is 5. The summed E-state index contributed by atoms with van der Waals surface area (Å²) in [6.07, 6.45) is 4.83.